The van der Waals surface area contributed by atoms with E-state index in [2.05, 4.69) is 22.0 Å². The molecule has 0 aliphatic rings. The first kappa shape index (κ1) is 15.5. The number of nitrogens with zero attached hydrogens (tertiary/aromatic N) is 1. The van der Waals surface area contributed by atoms with E-state index in [4.69, 9.17) is 4.74 Å². The van der Waals surface area contributed by atoms with Gasteiger partial charge in [-0.2, -0.15) is 8.78 Å². The van der Waals surface area contributed by atoms with Gasteiger partial charge in [0.25, 0.3) is 0 Å². The number of ether oxygens (including phenoxy) is 2. The highest BCUT2D eigenvalue weighted by molar-refractivity contribution is 7.14. The van der Waals surface area contributed by atoms with E-state index in [1.54, 1.807) is 12.1 Å². The number of anilines is 1. The zero-order chi connectivity index (χ0) is 15.2. The first-order valence-corrected chi connectivity index (χ1v) is 7.34. The van der Waals surface area contributed by atoms with Crippen LogP contribution in [0.5, 0.6) is 11.5 Å². The highest BCUT2D eigenvalue weighted by atomic mass is 32.1. The highest BCUT2D eigenvalue weighted by Crippen LogP contribution is 2.34. The van der Waals surface area contributed by atoms with Gasteiger partial charge in [0.1, 0.15) is 0 Å². The number of benzene rings is 1. The summed E-state index contributed by atoms with van der Waals surface area (Å²) in [6.07, 6.45) is 1.02. The first-order chi connectivity index (χ1) is 10.1. The predicted molar refractivity (Wildman–Crippen MR) is 79.5 cm³/mol. The molecule has 0 radical (unpaired) electrons. The Morgan fingerprint density at radius 3 is 2.81 bits per heavy atom. The second-order valence-corrected chi connectivity index (χ2v) is 5.07. The van der Waals surface area contributed by atoms with Crippen molar-refractivity contribution in [3.8, 4) is 22.8 Å². The molecule has 2 rings (SSSR count). The third-order valence-corrected chi connectivity index (χ3v) is 3.51. The summed E-state index contributed by atoms with van der Waals surface area (Å²) < 4.78 is 34.0. The van der Waals surface area contributed by atoms with Crippen molar-refractivity contribution in [3.63, 3.8) is 0 Å². The fourth-order valence-electron chi connectivity index (χ4n) is 1.74. The average Bonchev–Trinajstić information content (AvgIpc) is 2.93. The van der Waals surface area contributed by atoms with Crippen molar-refractivity contribution in [2.75, 3.05) is 19.0 Å². The first-order valence-electron chi connectivity index (χ1n) is 6.46. The Hall–Kier alpha value is -1.89. The average molecular weight is 314 g/mol. The van der Waals surface area contributed by atoms with Crippen LogP contribution in [-0.4, -0.2) is 25.3 Å². The third kappa shape index (κ3) is 4.04. The Balaban J connectivity index is 2.21. The minimum absolute atomic E-state index is 0.0100. The number of hydrogen-bond acceptors (Lipinski definition) is 5. The molecular formula is C14H16F2N2O2S. The monoisotopic (exact) mass is 314 g/mol. The maximum absolute atomic E-state index is 12.3. The molecule has 1 N–H and O–H groups in total. The van der Waals surface area contributed by atoms with Gasteiger partial charge >= 0.3 is 6.61 Å². The summed E-state index contributed by atoms with van der Waals surface area (Å²) in [6, 6.07) is 4.77. The van der Waals surface area contributed by atoms with Crippen molar-refractivity contribution in [2.45, 2.75) is 20.0 Å². The van der Waals surface area contributed by atoms with Crippen molar-refractivity contribution in [3.05, 3.63) is 23.6 Å². The Morgan fingerprint density at radius 2 is 2.14 bits per heavy atom. The number of methoxy groups -OCH3 is 1. The van der Waals surface area contributed by atoms with Crippen molar-refractivity contribution >= 4 is 16.5 Å². The van der Waals surface area contributed by atoms with Crippen LogP contribution in [0.15, 0.2) is 23.6 Å². The smallest absolute Gasteiger partial charge is 0.387 e. The van der Waals surface area contributed by atoms with Crippen LogP contribution in [0.2, 0.25) is 0 Å². The molecule has 0 atom stereocenters. The molecule has 1 heterocycles. The quantitative estimate of drug-likeness (QED) is 0.830. The van der Waals surface area contributed by atoms with Gasteiger partial charge in [-0.25, -0.2) is 4.98 Å². The molecular weight excluding hydrogens is 298 g/mol. The minimum Gasteiger partial charge on any atom is -0.493 e. The van der Waals surface area contributed by atoms with Crippen LogP contribution in [0.1, 0.15) is 13.3 Å². The van der Waals surface area contributed by atoms with Crippen LogP contribution in [0, 0.1) is 0 Å². The van der Waals surface area contributed by atoms with E-state index in [-0.39, 0.29) is 11.5 Å². The van der Waals surface area contributed by atoms with E-state index >= 15 is 0 Å². The molecule has 1 aromatic heterocycles. The summed E-state index contributed by atoms with van der Waals surface area (Å²) >= 11 is 1.50. The maximum atomic E-state index is 12.3. The van der Waals surface area contributed by atoms with E-state index in [0.29, 0.717) is 0 Å². The van der Waals surface area contributed by atoms with Crippen LogP contribution in [0.25, 0.3) is 11.3 Å². The van der Waals surface area contributed by atoms with E-state index < -0.39 is 6.61 Å². The van der Waals surface area contributed by atoms with E-state index in [1.165, 1.54) is 24.5 Å². The Bertz CT molecular complexity index is 590. The normalized spacial score (nSPS) is 10.7. The van der Waals surface area contributed by atoms with Crippen LogP contribution in [0.3, 0.4) is 0 Å². The number of nitrogens with one attached hydrogen (secondary N) is 1. The lowest BCUT2D eigenvalue weighted by molar-refractivity contribution is -0.0512. The van der Waals surface area contributed by atoms with Crippen LogP contribution >= 0.6 is 11.3 Å². The maximum Gasteiger partial charge on any atom is 0.387 e. The molecule has 114 valence electrons. The summed E-state index contributed by atoms with van der Waals surface area (Å²) in [5.74, 6) is 0.264. The molecule has 0 saturated heterocycles. The summed E-state index contributed by atoms with van der Waals surface area (Å²) in [5, 5.41) is 5.94. The summed E-state index contributed by atoms with van der Waals surface area (Å²) in [5.41, 5.74) is 1.55. The Labute approximate surface area is 125 Å². The van der Waals surface area contributed by atoms with Gasteiger partial charge in [-0.3, -0.25) is 0 Å². The van der Waals surface area contributed by atoms with Gasteiger partial charge in [-0.1, -0.05) is 6.92 Å². The number of halogens is 2. The summed E-state index contributed by atoms with van der Waals surface area (Å²) in [4.78, 5) is 4.45. The van der Waals surface area contributed by atoms with Gasteiger partial charge in [0.05, 0.1) is 12.8 Å². The molecule has 0 bridgehead atoms. The fraction of sp³-hybridized carbons (Fsp3) is 0.357. The minimum atomic E-state index is -2.88. The van der Waals surface area contributed by atoms with Crippen LogP contribution in [-0.2, 0) is 0 Å². The van der Waals surface area contributed by atoms with Gasteiger partial charge < -0.3 is 14.8 Å². The molecule has 0 unspecified atom stereocenters. The second kappa shape index (κ2) is 7.21. The van der Waals surface area contributed by atoms with Crippen molar-refractivity contribution in [1.29, 1.82) is 0 Å². The largest absolute Gasteiger partial charge is 0.493 e. The Kier molecular flexibility index (Phi) is 5.32. The predicted octanol–water partition coefficient (Wildman–Crippen LogP) is 4.24. The summed E-state index contributed by atoms with van der Waals surface area (Å²) in [7, 11) is 1.41. The molecule has 2 aromatic rings. The second-order valence-electron chi connectivity index (χ2n) is 4.21. The molecule has 0 aliphatic heterocycles. The van der Waals surface area contributed by atoms with Gasteiger partial charge in [-0.15, -0.1) is 11.3 Å². The van der Waals surface area contributed by atoms with Gasteiger partial charge in [0.2, 0.25) is 0 Å². The highest BCUT2D eigenvalue weighted by Gasteiger charge is 2.13. The van der Waals surface area contributed by atoms with Gasteiger partial charge in [0.15, 0.2) is 16.6 Å². The molecule has 4 nitrogen and oxygen atoms in total. The van der Waals surface area contributed by atoms with Crippen LogP contribution < -0.4 is 14.8 Å². The lowest BCUT2D eigenvalue weighted by Crippen LogP contribution is -2.03. The molecule has 21 heavy (non-hydrogen) atoms. The SMILES string of the molecule is CCCNc1nc(-c2ccc(OC(F)F)c(OC)c2)cs1. The number of aromatic nitrogens is 1. The third-order valence-electron chi connectivity index (χ3n) is 2.71. The standard InChI is InChI=1S/C14H16F2N2O2S/c1-3-6-17-14-18-10(8-21-14)9-4-5-11(20-13(15)16)12(7-9)19-2/h4-5,7-8,13H,3,6H2,1-2H3,(H,17,18). The topological polar surface area (TPSA) is 43.4 Å². The molecule has 0 saturated carbocycles. The lowest BCUT2D eigenvalue weighted by Gasteiger charge is -2.10. The number of alkyl halides is 2. The number of hydrogen-bond donors (Lipinski definition) is 1. The molecule has 0 spiro atoms. The Morgan fingerprint density at radius 1 is 1.33 bits per heavy atom. The fourth-order valence-corrected chi connectivity index (χ4v) is 2.49. The van der Waals surface area contributed by atoms with Crippen molar-refractivity contribution in [1.82, 2.24) is 4.98 Å². The number of thiazole rings is 1. The summed E-state index contributed by atoms with van der Waals surface area (Å²) in [6.45, 7) is 0.0554. The van der Waals surface area contributed by atoms with Gasteiger partial charge in [0, 0.05) is 17.5 Å². The zero-order valence-electron chi connectivity index (χ0n) is 11.7. The van der Waals surface area contributed by atoms with Crippen molar-refractivity contribution in [2.24, 2.45) is 0 Å². The van der Waals surface area contributed by atoms with Crippen LogP contribution in [0.4, 0.5) is 13.9 Å². The molecule has 1 aromatic carbocycles. The van der Waals surface area contributed by atoms with E-state index in [1.807, 2.05) is 5.38 Å². The molecule has 0 fully saturated rings. The van der Waals surface area contributed by atoms with Gasteiger partial charge in [-0.05, 0) is 24.6 Å². The van der Waals surface area contributed by atoms with Crippen molar-refractivity contribution < 1.29 is 18.3 Å². The zero-order valence-corrected chi connectivity index (χ0v) is 12.5. The molecule has 7 heteroatoms. The lowest BCUT2D eigenvalue weighted by atomic mass is 10.1. The number of rotatable bonds is 7. The molecule has 0 aliphatic carbocycles. The van der Waals surface area contributed by atoms with E-state index in [0.717, 1.165) is 29.4 Å². The van der Waals surface area contributed by atoms with E-state index in [9.17, 15) is 8.78 Å². The molecule has 0 amide bonds.